The minimum atomic E-state index is 1.22. The van der Waals surface area contributed by atoms with Gasteiger partial charge in [-0.15, -0.1) is 45.3 Å². The molecule has 0 aliphatic carbocycles. The van der Waals surface area contributed by atoms with E-state index in [1.165, 1.54) is 125 Å². The van der Waals surface area contributed by atoms with E-state index >= 15 is 0 Å². The van der Waals surface area contributed by atoms with Crippen LogP contribution < -0.4 is 0 Å². The van der Waals surface area contributed by atoms with Crippen molar-refractivity contribution in [1.29, 1.82) is 0 Å². The standard InChI is InChI=1S/C40H42S4/c1-3-5-7-9-11-33-21-23-37(41-33)39-27-25-35(43-39)31-17-13-29(14-18-31)30-15-19-32(20-16-30)36-26-28-40(44-36)38-24-22-34(42-38)12-10-8-6-4-2/h13-28H,3-12H2,1-2H3. The summed E-state index contributed by atoms with van der Waals surface area (Å²) in [4.78, 5) is 11.3. The summed E-state index contributed by atoms with van der Waals surface area (Å²) in [7, 11) is 0. The summed E-state index contributed by atoms with van der Waals surface area (Å²) in [5.41, 5.74) is 5.11. The van der Waals surface area contributed by atoms with Gasteiger partial charge in [-0.25, -0.2) is 0 Å². The first kappa shape index (κ1) is 31.2. The van der Waals surface area contributed by atoms with E-state index < -0.39 is 0 Å². The molecule has 4 heterocycles. The van der Waals surface area contributed by atoms with Gasteiger partial charge in [-0.1, -0.05) is 101 Å². The van der Waals surface area contributed by atoms with Gasteiger partial charge in [0.25, 0.3) is 0 Å². The lowest BCUT2D eigenvalue weighted by atomic mass is 10.0. The minimum absolute atomic E-state index is 1.22. The molecule has 6 rings (SSSR count). The molecule has 0 saturated heterocycles. The van der Waals surface area contributed by atoms with E-state index in [0.717, 1.165) is 0 Å². The molecule has 0 amide bonds. The molecule has 0 aliphatic heterocycles. The van der Waals surface area contributed by atoms with Crippen molar-refractivity contribution in [2.24, 2.45) is 0 Å². The van der Waals surface area contributed by atoms with Crippen LogP contribution in [0.25, 0.3) is 51.5 Å². The Hall–Kier alpha value is -2.76. The Kier molecular flexibility index (Phi) is 11.0. The fourth-order valence-electron chi connectivity index (χ4n) is 5.65. The highest BCUT2D eigenvalue weighted by Gasteiger charge is 2.11. The lowest BCUT2D eigenvalue weighted by Gasteiger charge is -2.05. The Balaban J connectivity index is 1.07. The Morgan fingerprint density at radius 2 is 0.659 bits per heavy atom. The molecule has 0 atom stereocenters. The Morgan fingerprint density at radius 3 is 1.07 bits per heavy atom. The summed E-state index contributed by atoms with van der Waals surface area (Å²) in [6.45, 7) is 4.56. The van der Waals surface area contributed by atoms with Gasteiger partial charge in [0, 0.05) is 39.0 Å². The molecular weight excluding hydrogens is 609 g/mol. The molecule has 0 fully saturated rings. The molecular formula is C40H42S4. The van der Waals surface area contributed by atoms with Crippen LogP contribution in [0.1, 0.15) is 75.0 Å². The normalized spacial score (nSPS) is 11.4. The number of benzene rings is 2. The molecule has 44 heavy (non-hydrogen) atoms. The van der Waals surface area contributed by atoms with Crippen LogP contribution in [0.3, 0.4) is 0 Å². The molecule has 226 valence electrons. The molecule has 0 radical (unpaired) electrons. The van der Waals surface area contributed by atoms with E-state index in [1.807, 2.05) is 45.3 Å². The van der Waals surface area contributed by atoms with Crippen LogP contribution >= 0.6 is 45.3 Å². The number of unbranched alkanes of at least 4 members (excludes halogenated alkanes) is 6. The van der Waals surface area contributed by atoms with Crippen molar-refractivity contribution >= 4 is 45.3 Å². The summed E-state index contributed by atoms with van der Waals surface area (Å²) < 4.78 is 0. The maximum atomic E-state index is 2.33. The molecule has 4 heteroatoms. The number of thiophene rings is 4. The summed E-state index contributed by atoms with van der Waals surface area (Å²) >= 11 is 7.75. The number of hydrogen-bond acceptors (Lipinski definition) is 4. The average Bonchev–Trinajstić information content (AvgIpc) is 3.89. The molecule has 0 nitrogen and oxygen atoms in total. The molecule has 2 aromatic carbocycles. The van der Waals surface area contributed by atoms with Gasteiger partial charge in [-0.2, -0.15) is 0 Å². The van der Waals surface area contributed by atoms with Crippen LogP contribution in [0, 0.1) is 0 Å². The molecule has 0 bridgehead atoms. The van der Waals surface area contributed by atoms with Gasteiger partial charge in [0.1, 0.15) is 0 Å². The van der Waals surface area contributed by atoms with Crippen LogP contribution in [0.2, 0.25) is 0 Å². The van der Waals surface area contributed by atoms with Crippen LogP contribution in [0.15, 0.2) is 97.1 Å². The lowest BCUT2D eigenvalue weighted by molar-refractivity contribution is 0.670. The molecule has 4 aromatic heterocycles. The Bertz CT molecular complexity index is 1590. The highest BCUT2D eigenvalue weighted by molar-refractivity contribution is 7.24. The van der Waals surface area contributed by atoms with Crippen LogP contribution in [0.5, 0.6) is 0 Å². The number of aryl methyl sites for hydroxylation is 2. The predicted octanol–water partition coefficient (Wildman–Crippen LogP) is 14.5. The summed E-state index contributed by atoms with van der Waals surface area (Å²) in [5, 5.41) is 0. The second kappa shape index (κ2) is 15.5. The zero-order valence-electron chi connectivity index (χ0n) is 25.9. The van der Waals surface area contributed by atoms with Gasteiger partial charge in [0.2, 0.25) is 0 Å². The first-order valence-electron chi connectivity index (χ1n) is 16.3. The maximum Gasteiger partial charge on any atom is 0.0449 e. The smallest absolute Gasteiger partial charge is 0.0449 e. The van der Waals surface area contributed by atoms with Crippen molar-refractivity contribution in [3.8, 4) is 51.5 Å². The Morgan fingerprint density at radius 1 is 0.318 bits per heavy atom. The van der Waals surface area contributed by atoms with Crippen LogP contribution in [-0.2, 0) is 12.8 Å². The van der Waals surface area contributed by atoms with Crippen molar-refractivity contribution in [3.63, 3.8) is 0 Å². The third-order valence-corrected chi connectivity index (χ3v) is 13.2. The minimum Gasteiger partial charge on any atom is -0.139 e. The topological polar surface area (TPSA) is 0 Å². The number of hydrogen-bond donors (Lipinski definition) is 0. The van der Waals surface area contributed by atoms with Crippen molar-refractivity contribution < 1.29 is 0 Å². The van der Waals surface area contributed by atoms with Crippen LogP contribution in [0.4, 0.5) is 0 Å². The van der Waals surface area contributed by atoms with Gasteiger partial charge in [-0.05, 0) is 96.5 Å². The summed E-state index contributed by atoms with van der Waals surface area (Å²) in [6.07, 6.45) is 13.0. The molecule has 0 N–H and O–H groups in total. The highest BCUT2D eigenvalue weighted by Crippen LogP contribution is 2.40. The van der Waals surface area contributed by atoms with Crippen molar-refractivity contribution in [2.75, 3.05) is 0 Å². The van der Waals surface area contributed by atoms with E-state index in [9.17, 15) is 0 Å². The highest BCUT2D eigenvalue weighted by atomic mass is 32.1. The zero-order valence-corrected chi connectivity index (χ0v) is 29.2. The van der Waals surface area contributed by atoms with Crippen molar-refractivity contribution in [2.45, 2.75) is 78.1 Å². The molecule has 0 unspecified atom stereocenters. The molecule has 0 spiro atoms. The van der Waals surface area contributed by atoms with E-state index in [-0.39, 0.29) is 0 Å². The third-order valence-electron chi connectivity index (χ3n) is 8.25. The van der Waals surface area contributed by atoms with E-state index in [2.05, 4.69) is 111 Å². The van der Waals surface area contributed by atoms with Gasteiger partial charge in [0.05, 0.1) is 0 Å². The average molecular weight is 651 g/mol. The summed E-state index contributed by atoms with van der Waals surface area (Å²) in [6, 6.07) is 36.6. The van der Waals surface area contributed by atoms with Crippen molar-refractivity contribution in [1.82, 2.24) is 0 Å². The van der Waals surface area contributed by atoms with Gasteiger partial charge in [-0.3, -0.25) is 0 Å². The predicted molar refractivity (Wildman–Crippen MR) is 201 cm³/mol. The molecule has 6 aromatic rings. The third kappa shape index (κ3) is 7.90. The van der Waals surface area contributed by atoms with E-state index in [0.29, 0.717) is 0 Å². The van der Waals surface area contributed by atoms with Gasteiger partial charge < -0.3 is 0 Å². The van der Waals surface area contributed by atoms with Crippen LogP contribution in [-0.4, -0.2) is 0 Å². The fourth-order valence-corrected chi connectivity index (χ4v) is 9.95. The van der Waals surface area contributed by atoms with Gasteiger partial charge in [0.15, 0.2) is 0 Å². The largest absolute Gasteiger partial charge is 0.139 e. The maximum absolute atomic E-state index is 2.33. The second-order valence-corrected chi connectivity index (χ2v) is 16.1. The van der Waals surface area contributed by atoms with Gasteiger partial charge >= 0.3 is 0 Å². The molecule has 0 aliphatic rings. The van der Waals surface area contributed by atoms with Crippen molar-refractivity contribution in [3.05, 3.63) is 107 Å². The quantitative estimate of drug-likeness (QED) is 0.0970. The van der Waals surface area contributed by atoms with E-state index in [1.54, 1.807) is 0 Å². The molecule has 0 saturated carbocycles. The second-order valence-electron chi connectivity index (χ2n) is 11.6. The number of rotatable bonds is 15. The monoisotopic (exact) mass is 650 g/mol. The SMILES string of the molecule is CCCCCCc1ccc(-c2ccc(-c3ccc(-c4ccc(-c5ccc(-c6ccc(CCCCCC)s6)s5)cc4)cc3)s2)s1. The zero-order chi connectivity index (χ0) is 30.1. The lowest BCUT2D eigenvalue weighted by Crippen LogP contribution is -1.80. The Labute approximate surface area is 280 Å². The fraction of sp³-hybridized carbons (Fsp3) is 0.300. The first-order chi connectivity index (χ1) is 21.7. The summed E-state index contributed by atoms with van der Waals surface area (Å²) in [5.74, 6) is 0. The first-order valence-corrected chi connectivity index (χ1v) is 19.6. The van der Waals surface area contributed by atoms with E-state index in [4.69, 9.17) is 0 Å².